The van der Waals surface area contributed by atoms with Crippen LogP contribution in [0.25, 0.3) is 0 Å². The van der Waals surface area contributed by atoms with Crippen molar-refractivity contribution in [1.82, 2.24) is 0 Å². The van der Waals surface area contributed by atoms with E-state index in [1.54, 1.807) is 0 Å². The molecule has 1 aromatic rings. The number of benzene rings is 1. The Morgan fingerprint density at radius 3 is 2.25 bits per heavy atom. The first-order valence-corrected chi connectivity index (χ1v) is 6.22. The lowest BCUT2D eigenvalue weighted by Gasteiger charge is -2.18. The van der Waals surface area contributed by atoms with Crippen molar-refractivity contribution < 1.29 is 5.11 Å². The first-order chi connectivity index (χ1) is 7.49. The van der Waals surface area contributed by atoms with Crippen molar-refractivity contribution in [3.8, 4) is 0 Å². The highest BCUT2D eigenvalue weighted by Crippen LogP contribution is 2.24. The summed E-state index contributed by atoms with van der Waals surface area (Å²) < 4.78 is 0. The molecule has 0 aliphatic carbocycles. The van der Waals surface area contributed by atoms with Crippen LogP contribution in [0.2, 0.25) is 0 Å². The highest BCUT2D eigenvalue weighted by atomic mass is 16.3. The molecule has 1 heteroatoms. The first kappa shape index (κ1) is 13.2. The molecule has 0 saturated heterocycles. The number of aliphatic hydroxyl groups excluding tert-OH is 1. The minimum absolute atomic E-state index is 0.291. The fourth-order valence-corrected chi connectivity index (χ4v) is 1.83. The molecule has 0 saturated carbocycles. The first-order valence-electron chi connectivity index (χ1n) is 6.22. The Kier molecular flexibility index (Phi) is 5.01. The molecule has 1 N–H and O–H groups in total. The van der Waals surface area contributed by atoms with Gasteiger partial charge in [0.05, 0.1) is 6.10 Å². The second-order valence-corrected chi connectivity index (χ2v) is 5.73. The third kappa shape index (κ3) is 5.32. The molecule has 0 spiro atoms. The van der Waals surface area contributed by atoms with Crippen LogP contribution in [-0.2, 0) is 0 Å². The van der Waals surface area contributed by atoms with E-state index in [0.29, 0.717) is 5.41 Å². The van der Waals surface area contributed by atoms with E-state index >= 15 is 0 Å². The molecule has 0 amide bonds. The van der Waals surface area contributed by atoms with Gasteiger partial charge in [0.1, 0.15) is 0 Å². The highest BCUT2D eigenvalue weighted by molar-refractivity contribution is 5.16. The zero-order valence-corrected chi connectivity index (χ0v) is 10.7. The minimum atomic E-state index is -0.291. The molecule has 0 heterocycles. The summed E-state index contributed by atoms with van der Waals surface area (Å²) >= 11 is 0. The summed E-state index contributed by atoms with van der Waals surface area (Å²) in [5.74, 6) is 0. The Morgan fingerprint density at radius 2 is 1.69 bits per heavy atom. The summed E-state index contributed by atoms with van der Waals surface area (Å²) in [6, 6.07) is 9.93. The van der Waals surface area contributed by atoms with E-state index in [9.17, 15) is 5.11 Å². The lowest BCUT2D eigenvalue weighted by Crippen LogP contribution is -2.05. The van der Waals surface area contributed by atoms with Gasteiger partial charge >= 0.3 is 0 Å². The molecule has 0 radical (unpaired) electrons. The maximum Gasteiger partial charge on any atom is 0.0790 e. The van der Waals surface area contributed by atoms with Gasteiger partial charge in [-0.3, -0.25) is 0 Å². The summed E-state index contributed by atoms with van der Waals surface area (Å²) in [5.41, 5.74) is 1.45. The molecule has 1 nitrogen and oxygen atoms in total. The van der Waals surface area contributed by atoms with Gasteiger partial charge in [0, 0.05) is 0 Å². The smallest absolute Gasteiger partial charge is 0.0790 e. The SMILES string of the molecule is CC(C)(C)CCCCC(O)c1ccccc1. The van der Waals surface area contributed by atoms with E-state index in [4.69, 9.17) is 0 Å². The molecule has 0 aliphatic rings. The van der Waals surface area contributed by atoms with Crippen LogP contribution < -0.4 is 0 Å². The van der Waals surface area contributed by atoms with Crippen LogP contribution in [0.4, 0.5) is 0 Å². The van der Waals surface area contributed by atoms with Crippen molar-refractivity contribution >= 4 is 0 Å². The van der Waals surface area contributed by atoms with Crippen LogP contribution in [0.3, 0.4) is 0 Å². The zero-order chi connectivity index (χ0) is 12.0. The predicted molar refractivity (Wildman–Crippen MR) is 69.3 cm³/mol. The van der Waals surface area contributed by atoms with Gasteiger partial charge in [-0.15, -0.1) is 0 Å². The second kappa shape index (κ2) is 6.05. The van der Waals surface area contributed by atoms with Gasteiger partial charge in [-0.1, -0.05) is 63.9 Å². The number of rotatable bonds is 5. The lowest BCUT2D eigenvalue weighted by atomic mass is 9.89. The zero-order valence-electron chi connectivity index (χ0n) is 10.7. The summed E-state index contributed by atoms with van der Waals surface area (Å²) in [6.45, 7) is 6.79. The van der Waals surface area contributed by atoms with E-state index in [1.165, 1.54) is 12.8 Å². The molecule has 0 aliphatic heterocycles. The summed E-state index contributed by atoms with van der Waals surface area (Å²) in [7, 11) is 0. The van der Waals surface area contributed by atoms with E-state index in [-0.39, 0.29) is 6.10 Å². The van der Waals surface area contributed by atoms with Gasteiger partial charge in [-0.05, 0) is 23.8 Å². The molecule has 1 unspecified atom stereocenters. The van der Waals surface area contributed by atoms with Crippen molar-refractivity contribution in [2.24, 2.45) is 5.41 Å². The fourth-order valence-electron chi connectivity index (χ4n) is 1.83. The molecule has 0 fully saturated rings. The predicted octanol–water partition coefficient (Wildman–Crippen LogP) is 4.33. The maximum atomic E-state index is 9.95. The molecular weight excluding hydrogens is 196 g/mol. The van der Waals surface area contributed by atoms with Crippen LogP contribution in [0, 0.1) is 5.41 Å². The lowest BCUT2D eigenvalue weighted by molar-refractivity contribution is 0.161. The molecule has 1 aromatic carbocycles. The summed E-state index contributed by atoms with van der Waals surface area (Å²) in [5, 5.41) is 9.95. The van der Waals surface area contributed by atoms with Crippen molar-refractivity contribution in [3.05, 3.63) is 35.9 Å². The van der Waals surface area contributed by atoms with Gasteiger partial charge in [0.25, 0.3) is 0 Å². The minimum Gasteiger partial charge on any atom is -0.388 e. The molecule has 1 atom stereocenters. The molecule has 1 rings (SSSR count). The largest absolute Gasteiger partial charge is 0.388 e. The Bertz CT molecular complexity index is 284. The molecular formula is C15H24O. The quantitative estimate of drug-likeness (QED) is 0.732. The summed E-state index contributed by atoms with van der Waals surface area (Å²) in [4.78, 5) is 0. The topological polar surface area (TPSA) is 20.2 Å². The molecule has 90 valence electrons. The number of hydrogen-bond acceptors (Lipinski definition) is 1. The maximum absolute atomic E-state index is 9.95. The number of unbranched alkanes of at least 4 members (excludes halogenated alkanes) is 1. The average molecular weight is 220 g/mol. The van der Waals surface area contributed by atoms with E-state index in [2.05, 4.69) is 20.8 Å². The monoisotopic (exact) mass is 220 g/mol. The van der Waals surface area contributed by atoms with Gasteiger partial charge in [-0.25, -0.2) is 0 Å². The van der Waals surface area contributed by atoms with Crippen LogP contribution in [-0.4, -0.2) is 5.11 Å². The van der Waals surface area contributed by atoms with Crippen molar-refractivity contribution in [3.63, 3.8) is 0 Å². The number of aliphatic hydroxyl groups is 1. The van der Waals surface area contributed by atoms with Crippen LogP contribution in [0.15, 0.2) is 30.3 Å². The van der Waals surface area contributed by atoms with Gasteiger partial charge < -0.3 is 5.11 Å². The van der Waals surface area contributed by atoms with E-state index < -0.39 is 0 Å². The van der Waals surface area contributed by atoms with Crippen LogP contribution >= 0.6 is 0 Å². The molecule has 0 bridgehead atoms. The Labute approximate surface area is 99.5 Å². The van der Waals surface area contributed by atoms with Gasteiger partial charge in [0.2, 0.25) is 0 Å². The third-order valence-corrected chi connectivity index (χ3v) is 2.84. The average Bonchev–Trinajstić information content (AvgIpc) is 2.24. The van der Waals surface area contributed by atoms with E-state index in [1.807, 2.05) is 30.3 Å². The van der Waals surface area contributed by atoms with Gasteiger partial charge in [-0.2, -0.15) is 0 Å². The van der Waals surface area contributed by atoms with Crippen molar-refractivity contribution in [1.29, 1.82) is 0 Å². The Hall–Kier alpha value is -0.820. The third-order valence-electron chi connectivity index (χ3n) is 2.84. The Balaban J connectivity index is 2.24. The van der Waals surface area contributed by atoms with Gasteiger partial charge in [0.15, 0.2) is 0 Å². The standard InChI is InChI=1S/C15H24O/c1-15(2,3)12-8-7-11-14(16)13-9-5-4-6-10-13/h4-6,9-10,14,16H,7-8,11-12H2,1-3H3. The van der Waals surface area contributed by atoms with Crippen molar-refractivity contribution in [2.45, 2.75) is 52.6 Å². The van der Waals surface area contributed by atoms with E-state index in [0.717, 1.165) is 18.4 Å². The second-order valence-electron chi connectivity index (χ2n) is 5.73. The number of hydrogen-bond donors (Lipinski definition) is 1. The van der Waals surface area contributed by atoms with Crippen LogP contribution in [0.5, 0.6) is 0 Å². The van der Waals surface area contributed by atoms with Crippen LogP contribution in [0.1, 0.15) is 58.1 Å². The fraction of sp³-hybridized carbons (Fsp3) is 0.600. The molecule has 0 aromatic heterocycles. The molecule has 16 heavy (non-hydrogen) atoms. The normalized spacial score (nSPS) is 13.8. The highest BCUT2D eigenvalue weighted by Gasteiger charge is 2.11. The Morgan fingerprint density at radius 1 is 1.06 bits per heavy atom. The van der Waals surface area contributed by atoms with Crippen molar-refractivity contribution in [2.75, 3.05) is 0 Å². The summed E-state index contributed by atoms with van der Waals surface area (Å²) in [6.07, 6.45) is 4.12.